The first kappa shape index (κ1) is 14.3. The molecule has 20 heavy (non-hydrogen) atoms. The molecule has 2 rings (SSSR count). The number of anilines is 1. The Labute approximate surface area is 119 Å². The van der Waals surface area contributed by atoms with Crippen molar-refractivity contribution in [3.05, 3.63) is 23.4 Å². The quantitative estimate of drug-likeness (QED) is 0.790. The van der Waals surface area contributed by atoms with E-state index in [1.807, 2.05) is 17.9 Å². The number of nitriles is 1. The van der Waals surface area contributed by atoms with E-state index in [1.165, 1.54) is 0 Å². The normalized spacial score (nSPS) is 18.4. The van der Waals surface area contributed by atoms with Gasteiger partial charge in [0.05, 0.1) is 12.2 Å². The minimum atomic E-state index is -0.329. The van der Waals surface area contributed by atoms with E-state index in [0.717, 1.165) is 31.5 Å². The highest BCUT2D eigenvalue weighted by Crippen LogP contribution is 2.27. The van der Waals surface area contributed by atoms with Gasteiger partial charge in [-0.1, -0.05) is 0 Å². The highest BCUT2D eigenvalue weighted by Gasteiger charge is 2.32. The van der Waals surface area contributed by atoms with Gasteiger partial charge in [-0.3, -0.25) is 0 Å². The maximum Gasteiger partial charge on any atom is 0.328 e. The molecule has 0 aromatic carbocycles. The van der Waals surface area contributed by atoms with E-state index in [0.29, 0.717) is 18.0 Å². The first-order chi connectivity index (χ1) is 9.67. The van der Waals surface area contributed by atoms with Gasteiger partial charge in [0, 0.05) is 12.2 Å². The van der Waals surface area contributed by atoms with Gasteiger partial charge in [0.15, 0.2) is 0 Å². The second-order valence-corrected chi connectivity index (χ2v) is 4.89. The number of carbonyl (C=O) groups is 1. The van der Waals surface area contributed by atoms with Crippen molar-refractivity contribution in [3.63, 3.8) is 0 Å². The molecule has 106 valence electrons. The van der Waals surface area contributed by atoms with Gasteiger partial charge in [0.1, 0.15) is 17.9 Å². The third-order valence-corrected chi connectivity index (χ3v) is 3.47. The molecule has 1 aromatic rings. The van der Waals surface area contributed by atoms with E-state index < -0.39 is 0 Å². The van der Waals surface area contributed by atoms with Crippen LogP contribution in [0.2, 0.25) is 0 Å². The molecular formula is C15H19N3O2. The minimum Gasteiger partial charge on any atom is -0.464 e. The van der Waals surface area contributed by atoms with Crippen LogP contribution in [0.4, 0.5) is 5.82 Å². The Bertz CT molecular complexity index is 536. The molecule has 0 radical (unpaired) electrons. The lowest BCUT2D eigenvalue weighted by atomic mass is 10.0. The van der Waals surface area contributed by atoms with Crippen molar-refractivity contribution in [2.75, 3.05) is 18.1 Å². The molecule has 0 bridgehead atoms. The number of aromatic nitrogens is 1. The van der Waals surface area contributed by atoms with Crippen LogP contribution in [0, 0.1) is 18.3 Å². The monoisotopic (exact) mass is 273 g/mol. The molecule has 1 aromatic heterocycles. The van der Waals surface area contributed by atoms with Crippen molar-refractivity contribution < 1.29 is 9.53 Å². The van der Waals surface area contributed by atoms with Gasteiger partial charge in [-0.25, -0.2) is 9.78 Å². The van der Waals surface area contributed by atoms with Crippen molar-refractivity contribution in [3.8, 4) is 6.07 Å². The summed E-state index contributed by atoms with van der Waals surface area (Å²) in [4.78, 5) is 18.5. The summed E-state index contributed by atoms with van der Waals surface area (Å²) in [5, 5.41) is 9.24. The van der Waals surface area contributed by atoms with E-state index in [1.54, 1.807) is 13.0 Å². The van der Waals surface area contributed by atoms with Crippen LogP contribution in [0.3, 0.4) is 0 Å². The lowest BCUT2D eigenvalue weighted by Crippen LogP contribution is -2.46. The number of nitrogens with zero attached hydrogens (tertiary/aromatic N) is 3. The summed E-state index contributed by atoms with van der Waals surface area (Å²) in [5.74, 6) is 0.379. The lowest BCUT2D eigenvalue weighted by molar-refractivity contribution is -0.145. The predicted octanol–water partition coefficient (Wildman–Crippen LogP) is 2.18. The molecule has 0 amide bonds. The maximum absolute atomic E-state index is 12.1. The fourth-order valence-electron chi connectivity index (χ4n) is 2.52. The van der Waals surface area contributed by atoms with Gasteiger partial charge < -0.3 is 9.64 Å². The van der Waals surface area contributed by atoms with Crippen molar-refractivity contribution in [1.82, 2.24) is 4.98 Å². The van der Waals surface area contributed by atoms with Crippen molar-refractivity contribution >= 4 is 11.8 Å². The Morgan fingerprint density at radius 2 is 2.35 bits per heavy atom. The largest absolute Gasteiger partial charge is 0.464 e. The molecule has 1 fully saturated rings. The summed E-state index contributed by atoms with van der Waals surface area (Å²) < 4.78 is 5.15. The fourth-order valence-corrected chi connectivity index (χ4v) is 2.52. The van der Waals surface area contributed by atoms with Gasteiger partial charge in [0.2, 0.25) is 0 Å². The number of piperidine rings is 1. The number of pyridine rings is 1. The van der Waals surface area contributed by atoms with Gasteiger partial charge >= 0.3 is 5.97 Å². The number of ether oxygens (including phenoxy) is 1. The van der Waals surface area contributed by atoms with Crippen molar-refractivity contribution in [1.29, 1.82) is 5.26 Å². The molecule has 5 nitrogen and oxygen atoms in total. The van der Waals surface area contributed by atoms with Crippen LogP contribution in [0.5, 0.6) is 0 Å². The number of hydrogen-bond acceptors (Lipinski definition) is 5. The third-order valence-electron chi connectivity index (χ3n) is 3.47. The van der Waals surface area contributed by atoms with Crippen LogP contribution in [0.1, 0.15) is 37.4 Å². The van der Waals surface area contributed by atoms with Gasteiger partial charge in [-0.15, -0.1) is 0 Å². The molecule has 2 heterocycles. The lowest BCUT2D eigenvalue weighted by Gasteiger charge is -2.35. The van der Waals surface area contributed by atoms with Crippen LogP contribution in [0.25, 0.3) is 0 Å². The second-order valence-electron chi connectivity index (χ2n) is 4.89. The van der Waals surface area contributed by atoms with Gasteiger partial charge in [-0.2, -0.15) is 5.26 Å². The summed E-state index contributed by atoms with van der Waals surface area (Å²) in [6.45, 7) is 4.79. The number of esters is 1. The molecule has 1 atom stereocenters. The first-order valence-corrected chi connectivity index (χ1v) is 6.98. The highest BCUT2D eigenvalue weighted by atomic mass is 16.5. The molecule has 0 N–H and O–H groups in total. The summed E-state index contributed by atoms with van der Waals surface area (Å²) in [6.07, 6.45) is 2.74. The second kappa shape index (κ2) is 6.38. The molecule has 5 heteroatoms. The first-order valence-electron chi connectivity index (χ1n) is 6.98. The van der Waals surface area contributed by atoms with Gasteiger partial charge in [0.25, 0.3) is 0 Å². The molecule has 0 aliphatic carbocycles. The smallest absolute Gasteiger partial charge is 0.328 e. The average molecular weight is 273 g/mol. The zero-order chi connectivity index (χ0) is 14.5. The van der Waals surface area contributed by atoms with Crippen LogP contribution in [-0.2, 0) is 9.53 Å². The fraction of sp³-hybridized carbons (Fsp3) is 0.533. The topological polar surface area (TPSA) is 66.2 Å². The van der Waals surface area contributed by atoms with E-state index in [4.69, 9.17) is 4.74 Å². The Kier molecular flexibility index (Phi) is 4.57. The number of carbonyl (C=O) groups excluding carboxylic acids is 1. The zero-order valence-corrected chi connectivity index (χ0v) is 11.9. The highest BCUT2D eigenvalue weighted by molar-refractivity contribution is 5.80. The predicted molar refractivity (Wildman–Crippen MR) is 75.3 cm³/mol. The molecule has 1 saturated heterocycles. The Morgan fingerprint density at radius 3 is 3.05 bits per heavy atom. The standard InChI is InChI=1S/C15H19N3O2/c1-3-20-15(19)13-6-4-5-9-18(13)14-12(10-16)8-7-11(2)17-14/h7-8,13H,3-6,9H2,1-2H3. The number of aryl methyl sites for hydroxylation is 1. The third kappa shape index (κ3) is 2.90. The molecule has 0 saturated carbocycles. The van der Waals surface area contributed by atoms with Crippen molar-refractivity contribution in [2.45, 2.75) is 39.2 Å². The summed E-state index contributed by atoms with van der Waals surface area (Å²) >= 11 is 0. The van der Waals surface area contributed by atoms with E-state index >= 15 is 0 Å². The van der Waals surface area contributed by atoms with Crippen LogP contribution in [0.15, 0.2) is 12.1 Å². The molecule has 0 spiro atoms. The Balaban J connectivity index is 2.35. The molecule has 1 aliphatic heterocycles. The summed E-state index contributed by atoms with van der Waals surface area (Å²) in [5.41, 5.74) is 1.35. The van der Waals surface area contributed by atoms with Gasteiger partial charge in [-0.05, 0) is 45.2 Å². The van der Waals surface area contributed by atoms with Crippen LogP contribution < -0.4 is 4.90 Å². The summed E-state index contributed by atoms with van der Waals surface area (Å²) in [7, 11) is 0. The Hall–Kier alpha value is -2.09. The zero-order valence-electron chi connectivity index (χ0n) is 11.9. The number of rotatable bonds is 3. The van der Waals surface area contributed by atoms with E-state index in [9.17, 15) is 10.1 Å². The number of hydrogen-bond donors (Lipinski definition) is 0. The average Bonchev–Trinajstić information content (AvgIpc) is 2.47. The van der Waals surface area contributed by atoms with Crippen LogP contribution >= 0.6 is 0 Å². The maximum atomic E-state index is 12.1. The molecule has 1 aliphatic rings. The van der Waals surface area contributed by atoms with Crippen LogP contribution in [-0.4, -0.2) is 30.1 Å². The molecule has 1 unspecified atom stereocenters. The summed E-state index contributed by atoms with van der Waals surface area (Å²) in [6, 6.07) is 5.40. The molecular weight excluding hydrogens is 254 g/mol. The van der Waals surface area contributed by atoms with Crippen molar-refractivity contribution in [2.24, 2.45) is 0 Å². The van der Waals surface area contributed by atoms with E-state index in [-0.39, 0.29) is 12.0 Å². The minimum absolute atomic E-state index is 0.223. The SMILES string of the molecule is CCOC(=O)C1CCCCN1c1nc(C)ccc1C#N. The Morgan fingerprint density at radius 1 is 1.55 bits per heavy atom. The van der Waals surface area contributed by atoms with E-state index in [2.05, 4.69) is 11.1 Å².